The number of aromatic amines is 2. The monoisotopic (exact) mass is 228 g/mol. The van der Waals surface area contributed by atoms with Crippen LogP contribution >= 0.6 is 0 Å². The van der Waals surface area contributed by atoms with Crippen LogP contribution < -0.4 is 16.6 Å². The van der Waals surface area contributed by atoms with Crippen LogP contribution in [0.5, 0.6) is 0 Å². The fourth-order valence-electron chi connectivity index (χ4n) is 1.22. The Hall–Kier alpha value is -1.63. The molecule has 1 aromatic rings. The Bertz CT molecular complexity index is 425. The van der Waals surface area contributed by atoms with Gasteiger partial charge in [0.2, 0.25) is 5.82 Å². The van der Waals surface area contributed by atoms with E-state index in [0.29, 0.717) is 6.54 Å². The normalized spacial score (nSPS) is 12.4. The van der Waals surface area contributed by atoms with Gasteiger partial charge in [-0.2, -0.15) is 0 Å². The quantitative estimate of drug-likeness (QED) is 0.480. The lowest BCUT2D eigenvalue weighted by Crippen LogP contribution is -2.27. The zero-order chi connectivity index (χ0) is 12.0. The van der Waals surface area contributed by atoms with Crippen LogP contribution in [0.1, 0.15) is 19.8 Å². The molecule has 16 heavy (non-hydrogen) atoms. The Morgan fingerprint density at radius 2 is 2.25 bits per heavy atom. The molecule has 0 aliphatic heterocycles. The van der Waals surface area contributed by atoms with E-state index in [1.165, 1.54) is 0 Å². The Balaban J connectivity index is 2.38. The van der Waals surface area contributed by atoms with Gasteiger partial charge in [0.15, 0.2) is 0 Å². The summed E-state index contributed by atoms with van der Waals surface area (Å²) in [6, 6.07) is 0. The Kier molecular flexibility index (Phi) is 4.71. The minimum atomic E-state index is -0.621. The van der Waals surface area contributed by atoms with Crippen molar-refractivity contribution in [2.24, 2.45) is 5.92 Å². The minimum absolute atomic E-state index is 0.108. The van der Waals surface area contributed by atoms with Crippen molar-refractivity contribution in [2.75, 3.05) is 18.5 Å². The van der Waals surface area contributed by atoms with Gasteiger partial charge in [0.25, 0.3) is 5.56 Å². The molecule has 0 saturated carbocycles. The number of aliphatic hydroxyl groups excluding tert-OH is 1. The van der Waals surface area contributed by atoms with Gasteiger partial charge < -0.3 is 10.4 Å². The van der Waals surface area contributed by atoms with Crippen LogP contribution in [0.15, 0.2) is 9.59 Å². The van der Waals surface area contributed by atoms with E-state index in [2.05, 4.69) is 20.5 Å². The SMILES string of the molecule is CC(CO)CCCNc1n[nH]c(=O)[nH]c1=O. The zero-order valence-corrected chi connectivity index (χ0v) is 9.12. The van der Waals surface area contributed by atoms with E-state index in [4.69, 9.17) is 5.11 Å². The summed E-state index contributed by atoms with van der Waals surface area (Å²) < 4.78 is 0. The average Bonchev–Trinajstić information content (AvgIpc) is 2.26. The van der Waals surface area contributed by atoms with Crippen LogP contribution in [0, 0.1) is 5.92 Å². The molecule has 1 rings (SSSR count). The molecule has 0 aliphatic carbocycles. The highest BCUT2D eigenvalue weighted by atomic mass is 16.3. The molecule has 0 aliphatic rings. The molecule has 90 valence electrons. The topological polar surface area (TPSA) is 111 Å². The maximum absolute atomic E-state index is 11.2. The largest absolute Gasteiger partial charge is 0.396 e. The molecular weight excluding hydrogens is 212 g/mol. The molecular formula is C9H16N4O3. The van der Waals surface area contributed by atoms with Crippen LogP contribution in [-0.4, -0.2) is 33.4 Å². The van der Waals surface area contributed by atoms with Crippen molar-refractivity contribution >= 4 is 5.82 Å². The van der Waals surface area contributed by atoms with Crippen molar-refractivity contribution in [1.29, 1.82) is 0 Å². The molecule has 0 spiro atoms. The molecule has 1 unspecified atom stereocenters. The maximum atomic E-state index is 11.2. The van der Waals surface area contributed by atoms with Crippen molar-refractivity contribution < 1.29 is 5.11 Å². The van der Waals surface area contributed by atoms with Crippen LogP contribution in [-0.2, 0) is 0 Å². The third-order valence-corrected chi connectivity index (χ3v) is 2.19. The van der Waals surface area contributed by atoms with E-state index < -0.39 is 11.2 Å². The lowest BCUT2D eigenvalue weighted by Gasteiger charge is -2.07. The van der Waals surface area contributed by atoms with Gasteiger partial charge in [0, 0.05) is 13.2 Å². The second-order valence-electron chi connectivity index (χ2n) is 3.71. The summed E-state index contributed by atoms with van der Waals surface area (Å²) in [5.74, 6) is 0.361. The second-order valence-corrected chi connectivity index (χ2v) is 3.71. The number of hydrogen-bond donors (Lipinski definition) is 4. The van der Waals surface area contributed by atoms with Gasteiger partial charge >= 0.3 is 5.69 Å². The number of nitrogens with zero attached hydrogens (tertiary/aromatic N) is 1. The van der Waals surface area contributed by atoms with Gasteiger partial charge in [0.05, 0.1) is 0 Å². The number of H-pyrrole nitrogens is 2. The summed E-state index contributed by atoms with van der Waals surface area (Å²) in [5.41, 5.74) is -1.15. The van der Waals surface area contributed by atoms with Crippen LogP contribution in [0.3, 0.4) is 0 Å². The van der Waals surface area contributed by atoms with Gasteiger partial charge in [-0.25, -0.2) is 9.89 Å². The van der Waals surface area contributed by atoms with Gasteiger partial charge in [-0.1, -0.05) is 6.92 Å². The Morgan fingerprint density at radius 3 is 2.88 bits per heavy atom. The number of aromatic nitrogens is 3. The molecule has 7 heteroatoms. The lowest BCUT2D eigenvalue weighted by atomic mass is 10.1. The molecule has 4 N–H and O–H groups in total. The predicted octanol–water partition coefficient (Wildman–Crippen LogP) is -0.721. The van der Waals surface area contributed by atoms with E-state index in [0.717, 1.165) is 12.8 Å². The summed E-state index contributed by atoms with van der Waals surface area (Å²) >= 11 is 0. The third-order valence-electron chi connectivity index (χ3n) is 2.19. The Labute approximate surface area is 91.9 Å². The third kappa shape index (κ3) is 3.85. The van der Waals surface area contributed by atoms with Gasteiger partial charge in [-0.15, -0.1) is 5.10 Å². The summed E-state index contributed by atoms with van der Waals surface area (Å²) in [5, 5.41) is 17.3. The average molecular weight is 228 g/mol. The minimum Gasteiger partial charge on any atom is -0.396 e. The fourth-order valence-corrected chi connectivity index (χ4v) is 1.22. The standard InChI is InChI=1S/C9H16N4O3/c1-6(5-14)3-2-4-10-7-8(15)11-9(16)13-12-7/h6,14H,2-5H2,1H3,(H,10,12)(H2,11,13,15,16). The molecule has 0 amide bonds. The first-order valence-electron chi connectivity index (χ1n) is 5.17. The number of aliphatic hydroxyl groups is 1. The molecule has 0 fully saturated rings. The van der Waals surface area contributed by atoms with Crippen LogP contribution in [0.25, 0.3) is 0 Å². The molecule has 0 aromatic carbocycles. The summed E-state index contributed by atoms with van der Waals surface area (Å²) in [4.78, 5) is 23.9. The Morgan fingerprint density at radius 1 is 1.50 bits per heavy atom. The molecule has 0 saturated heterocycles. The van der Waals surface area contributed by atoms with Crippen LogP contribution in [0.4, 0.5) is 5.82 Å². The van der Waals surface area contributed by atoms with Gasteiger partial charge in [0.1, 0.15) is 0 Å². The number of rotatable bonds is 6. The van der Waals surface area contributed by atoms with Crippen molar-refractivity contribution in [1.82, 2.24) is 15.2 Å². The van der Waals surface area contributed by atoms with Gasteiger partial charge in [-0.05, 0) is 18.8 Å². The first-order chi connectivity index (χ1) is 7.63. The first kappa shape index (κ1) is 12.4. The lowest BCUT2D eigenvalue weighted by molar-refractivity contribution is 0.229. The summed E-state index contributed by atoms with van der Waals surface area (Å²) in [6.45, 7) is 2.69. The van der Waals surface area contributed by atoms with Crippen molar-refractivity contribution in [2.45, 2.75) is 19.8 Å². The van der Waals surface area contributed by atoms with Crippen LogP contribution in [0.2, 0.25) is 0 Å². The second kappa shape index (κ2) is 6.06. The smallest absolute Gasteiger partial charge is 0.342 e. The highest BCUT2D eigenvalue weighted by Crippen LogP contribution is 2.03. The first-order valence-corrected chi connectivity index (χ1v) is 5.17. The van der Waals surface area contributed by atoms with E-state index in [1.54, 1.807) is 0 Å². The molecule has 7 nitrogen and oxygen atoms in total. The number of nitrogens with one attached hydrogen (secondary N) is 3. The molecule has 1 heterocycles. The van der Waals surface area contributed by atoms with Crippen molar-refractivity contribution in [3.63, 3.8) is 0 Å². The molecule has 1 atom stereocenters. The highest BCUT2D eigenvalue weighted by Gasteiger charge is 2.02. The predicted molar refractivity (Wildman–Crippen MR) is 59.5 cm³/mol. The summed E-state index contributed by atoms with van der Waals surface area (Å²) in [7, 11) is 0. The fraction of sp³-hybridized carbons (Fsp3) is 0.667. The highest BCUT2D eigenvalue weighted by molar-refractivity contribution is 5.28. The van der Waals surface area contributed by atoms with E-state index >= 15 is 0 Å². The molecule has 1 aromatic heterocycles. The molecule has 0 radical (unpaired) electrons. The summed E-state index contributed by atoms with van der Waals surface area (Å²) in [6.07, 6.45) is 1.69. The van der Waals surface area contributed by atoms with Crippen molar-refractivity contribution in [3.8, 4) is 0 Å². The van der Waals surface area contributed by atoms with Gasteiger partial charge in [-0.3, -0.25) is 9.78 Å². The maximum Gasteiger partial charge on any atom is 0.342 e. The molecule has 0 bridgehead atoms. The van der Waals surface area contributed by atoms with E-state index in [9.17, 15) is 9.59 Å². The number of hydrogen-bond acceptors (Lipinski definition) is 5. The van der Waals surface area contributed by atoms with Crippen molar-refractivity contribution in [3.05, 3.63) is 20.8 Å². The zero-order valence-electron chi connectivity index (χ0n) is 9.12. The number of anilines is 1. The van der Waals surface area contributed by atoms with E-state index in [1.807, 2.05) is 6.92 Å². The van der Waals surface area contributed by atoms with E-state index in [-0.39, 0.29) is 18.3 Å².